The Morgan fingerprint density at radius 1 is 1.29 bits per heavy atom. The van der Waals surface area contributed by atoms with Crippen LogP contribution >= 0.6 is 46.6 Å². The van der Waals surface area contributed by atoms with Gasteiger partial charge in [-0.25, -0.2) is 4.79 Å². The number of benzene rings is 2. The lowest BCUT2D eigenvalue weighted by Gasteiger charge is -2.48. The normalized spacial score (nSPS) is 19.8. The monoisotopic (exact) mass is 540 g/mol. The summed E-state index contributed by atoms with van der Waals surface area (Å²) in [6.45, 7) is 0.0398. The molecule has 2 heterocycles. The van der Waals surface area contributed by atoms with E-state index < -0.39 is 17.4 Å². The van der Waals surface area contributed by atoms with Crippen LogP contribution in [-0.2, 0) is 20.9 Å². The molecule has 1 unspecified atom stereocenters. The Kier molecular flexibility index (Phi) is 7.62. The summed E-state index contributed by atoms with van der Waals surface area (Å²) in [5.74, 6) is 0.0963. The van der Waals surface area contributed by atoms with Crippen LogP contribution in [-0.4, -0.2) is 58.3 Å². The number of phenolic OH excluding ortho intramolecular Hbond substituents is 1. The van der Waals surface area contributed by atoms with Crippen LogP contribution in [0.1, 0.15) is 11.1 Å². The van der Waals surface area contributed by atoms with Gasteiger partial charge in [0.25, 0.3) is 5.91 Å². The molecule has 0 radical (unpaired) electrons. The summed E-state index contributed by atoms with van der Waals surface area (Å²) in [6, 6.07) is 9.29. The van der Waals surface area contributed by atoms with Gasteiger partial charge in [-0.15, -0.1) is 23.4 Å². The minimum absolute atomic E-state index is 0.0398. The molecule has 11 heteroatoms. The first-order valence-corrected chi connectivity index (χ1v) is 12.4. The number of hydrogen-bond donors (Lipinski definition) is 1. The first kappa shape index (κ1) is 24.7. The number of thioether (sulfide) groups is 1. The number of β-lactam (4-membered cyclic amide) rings is 1. The van der Waals surface area contributed by atoms with Gasteiger partial charge < -0.3 is 14.6 Å². The summed E-state index contributed by atoms with van der Waals surface area (Å²) in [4.78, 5) is 31.6. The maximum absolute atomic E-state index is 12.9. The number of esters is 1. The Bertz CT molecular complexity index is 1190. The molecule has 34 heavy (non-hydrogen) atoms. The third-order valence-electron chi connectivity index (χ3n) is 5.33. The average Bonchev–Trinajstić information content (AvgIpc) is 2.84. The van der Waals surface area contributed by atoms with Crippen LogP contribution in [0, 0.1) is 0 Å². The van der Waals surface area contributed by atoms with Crippen LogP contribution in [0.2, 0.25) is 10.0 Å². The van der Waals surface area contributed by atoms with Crippen molar-refractivity contribution in [3.05, 3.63) is 68.8 Å². The zero-order valence-corrected chi connectivity index (χ0v) is 20.9. The zero-order chi connectivity index (χ0) is 24.4. The number of carbonyl (C=O) groups excluding carboxylic acids is 2. The number of aliphatic imine (C=N–C) groups is 1. The molecule has 4 rings (SSSR count). The van der Waals surface area contributed by atoms with Crippen molar-refractivity contribution < 1.29 is 24.2 Å². The number of hydrogen-bond acceptors (Lipinski definition) is 7. The smallest absolute Gasteiger partial charge is 0.355 e. The summed E-state index contributed by atoms with van der Waals surface area (Å²) in [5.41, 5.74) is 1.86. The van der Waals surface area contributed by atoms with E-state index in [1.807, 2.05) is 0 Å². The van der Waals surface area contributed by atoms with Crippen molar-refractivity contribution in [2.45, 2.75) is 18.0 Å². The average molecular weight is 542 g/mol. The van der Waals surface area contributed by atoms with Crippen LogP contribution in [0.5, 0.6) is 11.5 Å². The molecule has 0 bridgehead atoms. The van der Waals surface area contributed by atoms with Gasteiger partial charge in [0.1, 0.15) is 29.2 Å². The van der Waals surface area contributed by atoms with Gasteiger partial charge in [0, 0.05) is 28.4 Å². The van der Waals surface area contributed by atoms with Crippen LogP contribution in [0.15, 0.2) is 52.7 Å². The largest absolute Gasteiger partial charge is 0.506 e. The van der Waals surface area contributed by atoms with Gasteiger partial charge >= 0.3 is 5.97 Å². The molecule has 2 atom stereocenters. The Morgan fingerprint density at radius 3 is 2.71 bits per heavy atom. The number of halogens is 3. The molecule has 2 aliphatic rings. The molecule has 1 amide bonds. The second-order valence-corrected chi connectivity index (χ2v) is 9.68. The van der Waals surface area contributed by atoms with E-state index in [-0.39, 0.29) is 34.9 Å². The van der Waals surface area contributed by atoms with Crippen molar-refractivity contribution in [3.8, 4) is 11.5 Å². The highest BCUT2D eigenvalue weighted by Crippen LogP contribution is 2.42. The second-order valence-electron chi connectivity index (χ2n) is 7.47. The lowest BCUT2D eigenvalue weighted by atomic mass is 10.0. The number of fused-ring (bicyclic) bond motifs is 1. The standard InChI is InChI=1S/C23H19Cl3N2O5S/c1-32-16-4-2-12(3-5-16)10-33-23(31)19-14(8-24)11-34-22-18(21(30)28(19)22)27-9-13-6-15(25)7-17(26)20(13)29/h2-7,9,18,22,29H,8,10-11H2,1H3/t18?,22-/m1/s1. The molecule has 2 aromatic rings. The third-order valence-corrected chi connectivity index (χ3v) is 7.49. The number of rotatable bonds is 7. The van der Waals surface area contributed by atoms with Crippen LogP contribution in [0.4, 0.5) is 0 Å². The van der Waals surface area contributed by atoms with Crippen LogP contribution in [0.3, 0.4) is 0 Å². The highest BCUT2D eigenvalue weighted by molar-refractivity contribution is 8.00. The van der Waals surface area contributed by atoms with Crippen molar-refractivity contribution in [3.63, 3.8) is 0 Å². The molecule has 7 nitrogen and oxygen atoms in total. The van der Waals surface area contributed by atoms with Gasteiger partial charge in [0.15, 0.2) is 6.04 Å². The number of aromatic hydroxyl groups is 1. The summed E-state index contributed by atoms with van der Waals surface area (Å²) in [6.07, 6.45) is 1.36. The highest BCUT2D eigenvalue weighted by Gasteiger charge is 2.53. The molecule has 1 saturated heterocycles. The molecule has 0 saturated carbocycles. The number of ether oxygens (including phenoxy) is 2. The lowest BCUT2D eigenvalue weighted by Crippen LogP contribution is -2.64. The number of amides is 1. The summed E-state index contributed by atoms with van der Waals surface area (Å²) in [7, 11) is 1.57. The van der Waals surface area contributed by atoms with Gasteiger partial charge in [-0.1, -0.05) is 35.3 Å². The van der Waals surface area contributed by atoms with Gasteiger partial charge in [0.2, 0.25) is 0 Å². The fourth-order valence-corrected chi connectivity index (χ4v) is 5.72. The van der Waals surface area contributed by atoms with E-state index >= 15 is 0 Å². The SMILES string of the molecule is COc1ccc(COC(=O)C2=C(CCl)CS[C@@H]3C(N=Cc4cc(Cl)cc(Cl)c4O)C(=O)N23)cc1. The Balaban J connectivity index is 1.49. The topological polar surface area (TPSA) is 88.4 Å². The number of alkyl halides is 1. The molecular weight excluding hydrogens is 523 g/mol. The number of phenols is 1. The molecule has 1 N–H and O–H groups in total. The predicted molar refractivity (Wildman–Crippen MR) is 133 cm³/mol. The molecule has 178 valence electrons. The molecule has 2 aliphatic heterocycles. The zero-order valence-electron chi connectivity index (χ0n) is 17.8. The van der Waals surface area contributed by atoms with Gasteiger partial charge in [0.05, 0.1) is 12.1 Å². The van der Waals surface area contributed by atoms with Crippen molar-refractivity contribution in [1.82, 2.24) is 4.90 Å². The Hall–Kier alpha value is -2.39. The van der Waals surface area contributed by atoms with Gasteiger partial charge in [-0.05, 0) is 35.4 Å². The van der Waals surface area contributed by atoms with E-state index in [4.69, 9.17) is 44.3 Å². The van der Waals surface area contributed by atoms with Crippen LogP contribution in [0.25, 0.3) is 0 Å². The van der Waals surface area contributed by atoms with Crippen molar-refractivity contribution in [2.24, 2.45) is 4.99 Å². The molecule has 1 fully saturated rings. The third kappa shape index (κ3) is 4.86. The lowest BCUT2D eigenvalue weighted by molar-refractivity contribution is -0.151. The van der Waals surface area contributed by atoms with E-state index in [1.54, 1.807) is 31.4 Å². The Morgan fingerprint density at radius 2 is 2.03 bits per heavy atom. The summed E-state index contributed by atoms with van der Waals surface area (Å²) >= 11 is 19.5. The predicted octanol–water partition coefficient (Wildman–Crippen LogP) is 4.65. The second kappa shape index (κ2) is 10.5. The summed E-state index contributed by atoms with van der Waals surface area (Å²) < 4.78 is 10.6. The fraction of sp³-hybridized carbons (Fsp3) is 0.261. The molecule has 0 aliphatic carbocycles. The van der Waals surface area contributed by atoms with Gasteiger partial charge in [-0.3, -0.25) is 14.7 Å². The Labute approximate surface area is 215 Å². The summed E-state index contributed by atoms with van der Waals surface area (Å²) in [5, 5.41) is 10.1. The van der Waals surface area contributed by atoms with Crippen molar-refractivity contribution in [2.75, 3.05) is 18.7 Å². The van der Waals surface area contributed by atoms with E-state index in [2.05, 4.69) is 4.99 Å². The fourth-order valence-electron chi connectivity index (χ4n) is 3.54. The first-order chi connectivity index (χ1) is 16.3. The van der Waals surface area contributed by atoms with E-state index in [0.717, 1.165) is 5.56 Å². The maximum atomic E-state index is 12.9. The minimum Gasteiger partial charge on any atom is -0.506 e. The maximum Gasteiger partial charge on any atom is 0.355 e. The van der Waals surface area contributed by atoms with E-state index in [1.165, 1.54) is 35.0 Å². The van der Waals surface area contributed by atoms with Crippen molar-refractivity contribution >= 4 is 64.7 Å². The van der Waals surface area contributed by atoms with Gasteiger partial charge in [-0.2, -0.15) is 0 Å². The number of nitrogens with zero attached hydrogens (tertiary/aromatic N) is 2. The number of methoxy groups -OCH3 is 1. The molecule has 0 spiro atoms. The molecule has 0 aromatic heterocycles. The molecular formula is C23H19Cl3N2O5S. The minimum atomic E-state index is -0.733. The van der Waals surface area contributed by atoms with Crippen LogP contribution < -0.4 is 4.74 Å². The van der Waals surface area contributed by atoms with Crippen molar-refractivity contribution in [1.29, 1.82) is 0 Å². The highest BCUT2D eigenvalue weighted by atomic mass is 35.5. The number of carbonyl (C=O) groups is 2. The molecule has 2 aromatic carbocycles. The van der Waals surface area contributed by atoms with E-state index in [9.17, 15) is 14.7 Å². The van der Waals surface area contributed by atoms with E-state index in [0.29, 0.717) is 27.7 Å². The first-order valence-electron chi connectivity index (χ1n) is 10.1. The quantitative estimate of drug-likeness (QED) is 0.238.